The molecule has 0 fully saturated rings. The number of aryl methyl sites for hydroxylation is 1. The summed E-state index contributed by atoms with van der Waals surface area (Å²) in [5.74, 6) is 0.0487. The van der Waals surface area contributed by atoms with Gasteiger partial charge in [0.25, 0.3) is 5.91 Å². The minimum absolute atomic E-state index is 0.199. The normalized spacial score (nSPS) is 10.9. The fourth-order valence-electron chi connectivity index (χ4n) is 3.04. The van der Waals surface area contributed by atoms with Crippen molar-refractivity contribution in [2.75, 3.05) is 6.61 Å². The maximum Gasteiger partial charge on any atom is 0.277 e. The molecular formula is C25H21ClN4O2. The van der Waals surface area contributed by atoms with Crippen LogP contribution in [0.4, 0.5) is 0 Å². The van der Waals surface area contributed by atoms with Gasteiger partial charge in [0.15, 0.2) is 6.61 Å². The van der Waals surface area contributed by atoms with Gasteiger partial charge in [-0.15, -0.1) is 0 Å². The van der Waals surface area contributed by atoms with Crippen molar-refractivity contribution in [2.24, 2.45) is 5.10 Å². The number of hydrazone groups is 1. The lowest BCUT2D eigenvalue weighted by Gasteiger charge is -2.06. The predicted molar refractivity (Wildman–Crippen MR) is 126 cm³/mol. The van der Waals surface area contributed by atoms with Crippen molar-refractivity contribution in [2.45, 2.75) is 6.92 Å². The molecule has 0 spiro atoms. The molecule has 0 saturated carbocycles. The summed E-state index contributed by atoms with van der Waals surface area (Å²) >= 11 is 6.03. The van der Waals surface area contributed by atoms with E-state index in [0.29, 0.717) is 10.8 Å². The van der Waals surface area contributed by atoms with Crippen molar-refractivity contribution >= 4 is 23.7 Å². The zero-order chi connectivity index (χ0) is 22.3. The Morgan fingerprint density at radius 3 is 2.53 bits per heavy atom. The van der Waals surface area contributed by atoms with Crippen molar-refractivity contribution < 1.29 is 9.53 Å². The zero-order valence-corrected chi connectivity index (χ0v) is 18.2. The number of nitrogens with one attached hydrogen (secondary N) is 1. The number of para-hydroxylation sites is 2. The van der Waals surface area contributed by atoms with Gasteiger partial charge in [0.1, 0.15) is 11.4 Å². The lowest BCUT2D eigenvalue weighted by atomic mass is 10.1. The van der Waals surface area contributed by atoms with Gasteiger partial charge in [-0.25, -0.2) is 10.1 Å². The lowest BCUT2D eigenvalue weighted by Crippen LogP contribution is -2.24. The van der Waals surface area contributed by atoms with Gasteiger partial charge in [-0.3, -0.25) is 4.79 Å². The van der Waals surface area contributed by atoms with Crippen LogP contribution in [0.3, 0.4) is 0 Å². The summed E-state index contributed by atoms with van der Waals surface area (Å²) in [6, 6.07) is 24.9. The molecule has 4 rings (SSSR count). The predicted octanol–water partition coefficient (Wildman–Crippen LogP) is 5.03. The van der Waals surface area contributed by atoms with E-state index in [1.807, 2.05) is 67.7 Å². The molecule has 1 heterocycles. The van der Waals surface area contributed by atoms with Gasteiger partial charge < -0.3 is 4.74 Å². The minimum atomic E-state index is -0.395. The molecule has 0 aliphatic heterocycles. The Kier molecular flexibility index (Phi) is 6.63. The summed E-state index contributed by atoms with van der Waals surface area (Å²) in [4.78, 5) is 12.1. The van der Waals surface area contributed by atoms with E-state index in [0.717, 1.165) is 28.1 Å². The summed E-state index contributed by atoms with van der Waals surface area (Å²) < 4.78 is 7.22. The Balaban J connectivity index is 1.50. The van der Waals surface area contributed by atoms with E-state index in [4.69, 9.17) is 21.4 Å². The van der Waals surface area contributed by atoms with Gasteiger partial charge in [-0.2, -0.15) is 10.2 Å². The molecule has 7 heteroatoms. The fourth-order valence-corrected chi connectivity index (χ4v) is 3.23. The number of benzene rings is 3. The number of rotatable bonds is 7. The zero-order valence-electron chi connectivity index (χ0n) is 17.4. The van der Waals surface area contributed by atoms with Gasteiger partial charge in [0, 0.05) is 17.3 Å². The number of carbonyl (C=O) groups is 1. The fraction of sp³-hybridized carbons (Fsp3) is 0.0800. The molecule has 1 amide bonds. The number of nitrogens with zero attached hydrogens (tertiary/aromatic N) is 3. The molecule has 6 nitrogen and oxygen atoms in total. The highest BCUT2D eigenvalue weighted by Gasteiger charge is 2.11. The first kappa shape index (κ1) is 21.3. The topological polar surface area (TPSA) is 68.5 Å². The molecule has 0 aliphatic rings. The standard InChI is InChI=1S/C25H21ClN4O2/c1-18-11-13-19(14-12-18)25-20(16-30(29-25)21-7-3-2-4-8-21)15-27-28-24(31)17-32-23-10-6-5-9-22(23)26/h2-16H,17H2,1H3,(H,28,31). The number of hydrogen-bond donors (Lipinski definition) is 1. The monoisotopic (exact) mass is 444 g/mol. The number of carbonyl (C=O) groups excluding carboxylic acids is 1. The quantitative estimate of drug-likeness (QED) is 0.321. The van der Waals surface area contributed by atoms with Crippen LogP contribution < -0.4 is 10.2 Å². The van der Waals surface area contributed by atoms with Gasteiger partial charge >= 0.3 is 0 Å². The molecule has 0 atom stereocenters. The lowest BCUT2D eigenvalue weighted by molar-refractivity contribution is -0.123. The number of amides is 1. The maximum atomic E-state index is 12.1. The van der Waals surface area contributed by atoms with E-state index in [1.54, 1.807) is 35.2 Å². The number of aromatic nitrogens is 2. The van der Waals surface area contributed by atoms with E-state index in [2.05, 4.69) is 10.5 Å². The highest BCUT2D eigenvalue weighted by molar-refractivity contribution is 6.32. The molecule has 0 radical (unpaired) electrons. The van der Waals surface area contributed by atoms with Crippen LogP contribution in [0.1, 0.15) is 11.1 Å². The Morgan fingerprint density at radius 2 is 1.78 bits per heavy atom. The van der Waals surface area contributed by atoms with Crippen LogP contribution in [0.2, 0.25) is 5.02 Å². The van der Waals surface area contributed by atoms with Crippen molar-refractivity contribution in [3.05, 3.63) is 101 Å². The average Bonchev–Trinajstić information content (AvgIpc) is 3.24. The van der Waals surface area contributed by atoms with Crippen LogP contribution in [-0.2, 0) is 4.79 Å². The molecule has 0 unspecified atom stereocenters. The SMILES string of the molecule is Cc1ccc(-c2nn(-c3ccccc3)cc2C=NNC(=O)COc2ccccc2Cl)cc1. The van der Waals surface area contributed by atoms with Crippen LogP contribution in [0, 0.1) is 6.92 Å². The second-order valence-electron chi connectivity index (χ2n) is 7.09. The summed E-state index contributed by atoms with van der Waals surface area (Å²) in [7, 11) is 0. The Labute approximate surface area is 191 Å². The Morgan fingerprint density at radius 1 is 1.06 bits per heavy atom. The minimum Gasteiger partial charge on any atom is -0.482 e. The van der Waals surface area contributed by atoms with Crippen LogP contribution >= 0.6 is 11.6 Å². The third-order valence-electron chi connectivity index (χ3n) is 4.68. The Hall–Kier alpha value is -3.90. The molecule has 1 N–H and O–H groups in total. The van der Waals surface area contributed by atoms with Gasteiger partial charge in [-0.1, -0.05) is 71.8 Å². The molecule has 0 saturated heterocycles. The van der Waals surface area contributed by atoms with E-state index >= 15 is 0 Å². The molecular weight excluding hydrogens is 424 g/mol. The highest BCUT2D eigenvalue weighted by Crippen LogP contribution is 2.24. The second kappa shape index (κ2) is 9.94. The largest absolute Gasteiger partial charge is 0.482 e. The molecule has 0 aliphatic carbocycles. The third kappa shape index (κ3) is 5.22. The molecule has 3 aromatic carbocycles. The maximum absolute atomic E-state index is 12.1. The number of hydrogen-bond acceptors (Lipinski definition) is 4. The molecule has 32 heavy (non-hydrogen) atoms. The third-order valence-corrected chi connectivity index (χ3v) is 4.99. The van der Waals surface area contributed by atoms with Gasteiger partial charge in [0.05, 0.1) is 16.9 Å². The first-order valence-electron chi connectivity index (χ1n) is 10.0. The van der Waals surface area contributed by atoms with Crippen molar-refractivity contribution in [3.63, 3.8) is 0 Å². The molecule has 0 bridgehead atoms. The highest BCUT2D eigenvalue weighted by atomic mass is 35.5. The van der Waals surface area contributed by atoms with Crippen LogP contribution in [-0.4, -0.2) is 28.5 Å². The first-order chi connectivity index (χ1) is 15.6. The van der Waals surface area contributed by atoms with Gasteiger partial charge in [0.2, 0.25) is 0 Å². The van der Waals surface area contributed by atoms with Crippen LogP contribution in [0.25, 0.3) is 16.9 Å². The summed E-state index contributed by atoms with van der Waals surface area (Å²) in [6.07, 6.45) is 3.45. The number of halogens is 1. The first-order valence-corrected chi connectivity index (χ1v) is 10.4. The van der Waals surface area contributed by atoms with Crippen LogP contribution in [0.15, 0.2) is 90.2 Å². The summed E-state index contributed by atoms with van der Waals surface area (Å²) in [5, 5.41) is 9.28. The van der Waals surface area contributed by atoms with E-state index in [1.165, 1.54) is 0 Å². The van der Waals surface area contributed by atoms with Crippen molar-refractivity contribution in [1.29, 1.82) is 0 Å². The van der Waals surface area contributed by atoms with Crippen LogP contribution in [0.5, 0.6) is 5.75 Å². The smallest absolute Gasteiger partial charge is 0.277 e. The molecule has 160 valence electrons. The summed E-state index contributed by atoms with van der Waals surface area (Å²) in [5.41, 5.74) is 7.07. The van der Waals surface area contributed by atoms with E-state index in [9.17, 15) is 4.79 Å². The second-order valence-corrected chi connectivity index (χ2v) is 7.50. The molecule has 1 aromatic heterocycles. The Bertz CT molecular complexity index is 1230. The van der Waals surface area contributed by atoms with Crippen molar-refractivity contribution in [1.82, 2.24) is 15.2 Å². The molecule has 4 aromatic rings. The van der Waals surface area contributed by atoms with Crippen molar-refractivity contribution in [3.8, 4) is 22.7 Å². The van der Waals surface area contributed by atoms with Gasteiger partial charge in [-0.05, 0) is 31.2 Å². The number of ether oxygens (including phenoxy) is 1. The average molecular weight is 445 g/mol. The van der Waals surface area contributed by atoms with E-state index < -0.39 is 5.91 Å². The van der Waals surface area contributed by atoms with E-state index in [-0.39, 0.29) is 6.61 Å². The summed E-state index contributed by atoms with van der Waals surface area (Å²) in [6.45, 7) is 1.84.